The van der Waals surface area contributed by atoms with Crippen LogP contribution in [0.2, 0.25) is 0 Å². The van der Waals surface area contributed by atoms with Crippen molar-refractivity contribution in [3.8, 4) is 0 Å². The molecule has 1 aliphatic heterocycles. The van der Waals surface area contributed by atoms with Crippen LogP contribution >= 0.6 is 10.9 Å². The number of benzene rings is 1. The van der Waals surface area contributed by atoms with E-state index in [2.05, 4.69) is 0 Å². The van der Waals surface area contributed by atoms with E-state index in [4.69, 9.17) is 0 Å². The van der Waals surface area contributed by atoms with Crippen molar-refractivity contribution in [2.75, 3.05) is 0 Å². The fraction of sp³-hybridized carbons (Fsp3) is 0.200. The minimum absolute atomic E-state index is 0.0255. The van der Waals surface area contributed by atoms with E-state index in [0.29, 0.717) is 12.0 Å². The van der Waals surface area contributed by atoms with E-state index >= 15 is 0 Å². The number of aromatic carboxylic acids is 1. The van der Waals surface area contributed by atoms with Crippen LogP contribution in [0.1, 0.15) is 39.6 Å². The molecule has 0 spiro atoms. The Bertz CT molecular complexity index is 588. The first-order valence-electron chi connectivity index (χ1n) is 6.09. The van der Waals surface area contributed by atoms with Crippen molar-refractivity contribution in [3.05, 3.63) is 51.8 Å². The molecule has 0 saturated carbocycles. The Labute approximate surface area is 115 Å². The van der Waals surface area contributed by atoms with Gasteiger partial charge in [0, 0.05) is 16.9 Å². The zero-order valence-corrected chi connectivity index (χ0v) is 11.8. The lowest BCUT2D eigenvalue weighted by atomic mass is 10.0. The molecule has 0 saturated heterocycles. The Hall–Kier alpha value is -1.81. The van der Waals surface area contributed by atoms with Crippen molar-refractivity contribution in [1.29, 1.82) is 0 Å². The molecule has 0 bridgehead atoms. The molecule has 1 aromatic rings. The van der Waals surface area contributed by atoms with E-state index in [1.165, 1.54) is 6.07 Å². The molecule has 2 rings (SSSR count). The van der Waals surface area contributed by atoms with E-state index in [1.807, 2.05) is 29.9 Å². The normalized spacial score (nSPS) is 14.9. The number of carbonyl (C=O) groups is 2. The van der Waals surface area contributed by atoms with Crippen LogP contribution in [0, 0.1) is 6.92 Å². The summed E-state index contributed by atoms with van der Waals surface area (Å²) in [6.07, 6.45) is 4.25. The zero-order chi connectivity index (χ0) is 14.0. The quantitative estimate of drug-likeness (QED) is 0.651. The number of thiol groups is 1. The highest BCUT2D eigenvalue weighted by Gasteiger charge is 2.19. The van der Waals surface area contributed by atoms with Crippen LogP contribution in [-0.2, 0) is 0 Å². The van der Waals surface area contributed by atoms with Crippen LogP contribution in [0.3, 0.4) is 0 Å². The van der Waals surface area contributed by atoms with Crippen LogP contribution in [0.15, 0.2) is 40.0 Å². The summed E-state index contributed by atoms with van der Waals surface area (Å²) in [5.41, 5.74) is 1.61. The summed E-state index contributed by atoms with van der Waals surface area (Å²) in [4.78, 5) is 24.0. The van der Waals surface area contributed by atoms with E-state index < -0.39 is 16.9 Å². The van der Waals surface area contributed by atoms with Crippen molar-refractivity contribution in [3.63, 3.8) is 0 Å². The summed E-state index contributed by atoms with van der Waals surface area (Å²) >= 11 is 0. The minimum atomic E-state index is -0.972. The number of carbonyl (C=O) groups excluding carboxylic acids is 1. The maximum Gasteiger partial charge on any atom is 0.336 e. The monoisotopic (exact) mass is 276 g/mol. The number of aryl methyl sites for hydroxylation is 1. The van der Waals surface area contributed by atoms with Gasteiger partial charge in [-0.3, -0.25) is 4.79 Å². The van der Waals surface area contributed by atoms with Crippen molar-refractivity contribution in [2.24, 2.45) is 0 Å². The van der Waals surface area contributed by atoms with Crippen LogP contribution in [0.4, 0.5) is 0 Å². The van der Waals surface area contributed by atoms with Crippen molar-refractivity contribution in [1.82, 2.24) is 0 Å². The lowest BCUT2D eigenvalue weighted by Gasteiger charge is -2.18. The standard InChI is InChI=1S/C15H16O3S/c1-3-13(16)11-8-10(2)14(12(9-11)15(17)18)19-6-4-5-7-19/h4-9,19H,3H2,1-2H3,(H,17,18). The smallest absolute Gasteiger partial charge is 0.336 e. The number of Topliss-reactive ketones (excluding diaryl/α,β-unsaturated/α-hetero) is 1. The van der Waals surface area contributed by atoms with Crippen molar-refractivity contribution < 1.29 is 14.7 Å². The van der Waals surface area contributed by atoms with Gasteiger partial charge in [-0.25, -0.2) is 4.79 Å². The molecule has 0 unspecified atom stereocenters. The number of carboxylic acids is 1. The summed E-state index contributed by atoms with van der Waals surface area (Å²) in [6, 6.07) is 3.31. The van der Waals surface area contributed by atoms with E-state index in [0.717, 1.165) is 10.5 Å². The van der Waals surface area contributed by atoms with Gasteiger partial charge >= 0.3 is 5.97 Å². The fourth-order valence-electron chi connectivity index (χ4n) is 2.13. The fourth-order valence-corrected chi connectivity index (χ4v) is 4.01. The van der Waals surface area contributed by atoms with Gasteiger partial charge in [-0.05, 0) is 35.4 Å². The van der Waals surface area contributed by atoms with Gasteiger partial charge in [0.15, 0.2) is 5.78 Å². The second-order valence-electron chi connectivity index (χ2n) is 4.36. The molecule has 0 amide bonds. The summed E-state index contributed by atoms with van der Waals surface area (Å²) < 4.78 is 0. The molecule has 0 fully saturated rings. The predicted octanol–water partition coefficient (Wildman–Crippen LogP) is 3.69. The number of hydrogen-bond donors (Lipinski definition) is 2. The van der Waals surface area contributed by atoms with Crippen molar-refractivity contribution in [2.45, 2.75) is 25.2 Å². The molecule has 0 atom stereocenters. The third-order valence-corrected chi connectivity index (χ3v) is 5.13. The lowest BCUT2D eigenvalue weighted by Crippen LogP contribution is -2.06. The third-order valence-electron chi connectivity index (χ3n) is 3.04. The van der Waals surface area contributed by atoms with Gasteiger partial charge in [0.2, 0.25) is 0 Å². The zero-order valence-electron chi connectivity index (χ0n) is 10.9. The molecule has 0 radical (unpaired) electrons. The molecule has 3 nitrogen and oxygen atoms in total. The Morgan fingerprint density at radius 1 is 1.21 bits per heavy atom. The SMILES string of the molecule is CCC(=O)c1cc(C)c([SH]2C=CC=C2)c(C(=O)O)c1. The number of hydrogen-bond acceptors (Lipinski definition) is 2. The third kappa shape index (κ3) is 2.63. The van der Waals surface area contributed by atoms with E-state index in [9.17, 15) is 14.7 Å². The molecule has 0 aromatic heterocycles. The molecule has 1 heterocycles. The molecule has 1 aliphatic rings. The molecular weight excluding hydrogens is 260 g/mol. The van der Waals surface area contributed by atoms with Gasteiger partial charge in [-0.1, -0.05) is 19.1 Å². The highest BCUT2D eigenvalue weighted by molar-refractivity contribution is 8.22. The highest BCUT2D eigenvalue weighted by Crippen LogP contribution is 2.46. The maximum atomic E-state index is 11.8. The lowest BCUT2D eigenvalue weighted by molar-refractivity contribution is 0.0693. The average Bonchev–Trinajstić information content (AvgIpc) is 2.90. The summed E-state index contributed by atoms with van der Waals surface area (Å²) in [7, 11) is -0.703. The summed E-state index contributed by atoms with van der Waals surface area (Å²) in [5, 5.41) is 13.4. The second-order valence-corrected chi connectivity index (χ2v) is 6.22. The van der Waals surface area contributed by atoms with Gasteiger partial charge in [-0.2, -0.15) is 10.9 Å². The average molecular weight is 276 g/mol. The Morgan fingerprint density at radius 3 is 2.37 bits per heavy atom. The summed E-state index contributed by atoms with van der Waals surface area (Å²) in [6.45, 7) is 3.65. The van der Waals surface area contributed by atoms with Gasteiger partial charge in [0.05, 0.1) is 5.56 Å². The Balaban J connectivity index is 2.60. The van der Waals surface area contributed by atoms with Gasteiger partial charge in [0.25, 0.3) is 0 Å². The van der Waals surface area contributed by atoms with E-state index in [1.54, 1.807) is 13.0 Å². The van der Waals surface area contributed by atoms with Crippen LogP contribution in [0.5, 0.6) is 0 Å². The second kappa shape index (κ2) is 5.45. The number of allylic oxidation sites excluding steroid dienone is 2. The number of carboxylic acid groups (broad SMARTS) is 1. The molecule has 1 aromatic carbocycles. The van der Waals surface area contributed by atoms with Crippen LogP contribution in [0.25, 0.3) is 0 Å². The highest BCUT2D eigenvalue weighted by atomic mass is 32.2. The minimum Gasteiger partial charge on any atom is -0.478 e. The molecule has 19 heavy (non-hydrogen) atoms. The van der Waals surface area contributed by atoms with Crippen molar-refractivity contribution >= 4 is 22.6 Å². The van der Waals surface area contributed by atoms with Gasteiger partial charge in [0.1, 0.15) is 0 Å². The Kier molecular flexibility index (Phi) is 3.90. The molecular formula is C15H16O3S. The first-order valence-corrected chi connectivity index (χ1v) is 7.57. The topological polar surface area (TPSA) is 54.4 Å². The predicted molar refractivity (Wildman–Crippen MR) is 78.3 cm³/mol. The maximum absolute atomic E-state index is 11.8. The van der Waals surface area contributed by atoms with Crippen LogP contribution in [-0.4, -0.2) is 16.9 Å². The van der Waals surface area contributed by atoms with Crippen LogP contribution < -0.4 is 0 Å². The summed E-state index contributed by atoms with van der Waals surface area (Å²) in [5.74, 6) is -0.998. The Morgan fingerprint density at radius 2 is 1.84 bits per heavy atom. The molecule has 4 heteroatoms. The molecule has 100 valence electrons. The number of rotatable bonds is 4. The first-order chi connectivity index (χ1) is 9.04. The first kappa shape index (κ1) is 13.6. The van der Waals surface area contributed by atoms with E-state index in [-0.39, 0.29) is 11.3 Å². The van der Waals surface area contributed by atoms with Gasteiger partial charge in [-0.15, -0.1) is 0 Å². The molecule has 0 aliphatic carbocycles. The number of ketones is 1. The van der Waals surface area contributed by atoms with Gasteiger partial charge < -0.3 is 5.11 Å². The largest absolute Gasteiger partial charge is 0.478 e. The molecule has 1 N–H and O–H groups in total.